The van der Waals surface area contributed by atoms with Crippen molar-refractivity contribution in [2.75, 3.05) is 38.5 Å². The van der Waals surface area contributed by atoms with Gasteiger partial charge in [-0.15, -0.1) is 0 Å². The van der Waals surface area contributed by atoms with Crippen molar-refractivity contribution in [3.8, 4) is 16.9 Å². The fraction of sp³-hybridized carbons (Fsp3) is 0.414. The summed E-state index contributed by atoms with van der Waals surface area (Å²) in [5.41, 5.74) is 10.7. The van der Waals surface area contributed by atoms with E-state index in [1.165, 1.54) is 17.5 Å². The number of anilines is 1. The molecule has 1 saturated heterocycles. The van der Waals surface area contributed by atoms with Crippen LogP contribution < -0.4 is 10.5 Å². The second-order valence-electron chi connectivity index (χ2n) is 9.69. The molecule has 1 saturated carbocycles. The molecule has 1 aliphatic heterocycles. The Morgan fingerprint density at radius 3 is 2.47 bits per heavy atom. The number of piperazine rings is 1. The highest BCUT2D eigenvalue weighted by molar-refractivity contribution is 5.71. The van der Waals surface area contributed by atoms with Gasteiger partial charge in [0.15, 0.2) is 0 Å². The number of nitrogen functional groups attached to an aromatic ring is 1. The van der Waals surface area contributed by atoms with Gasteiger partial charge in [0.2, 0.25) is 0 Å². The highest BCUT2D eigenvalue weighted by atomic mass is 16.5. The molecule has 1 atom stereocenters. The lowest BCUT2D eigenvalue weighted by atomic mass is 9.95. The van der Waals surface area contributed by atoms with Crippen LogP contribution in [0.2, 0.25) is 0 Å². The highest BCUT2D eigenvalue weighted by Crippen LogP contribution is 2.37. The summed E-state index contributed by atoms with van der Waals surface area (Å²) >= 11 is 0. The number of nitrogens with two attached hydrogens (primary N) is 1. The maximum absolute atomic E-state index is 6.45. The number of ether oxygens (including phenoxy) is 1. The molecule has 0 amide bonds. The van der Waals surface area contributed by atoms with E-state index in [1.807, 2.05) is 18.3 Å². The van der Waals surface area contributed by atoms with Crippen LogP contribution >= 0.6 is 0 Å². The fourth-order valence-corrected chi connectivity index (χ4v) is 4.88. The lowest BCUT2D eigenvalue weighted by Gasteiger charge is -2.38. The van der Waals surface area contributed by atoms with Gasteiger partial charge in [0, 0.05) is 56.1 Å². The van der Waals surface area contributed by atoms with Crippen LogP contribution in [0.5, 0.6) is 5.75 Å². The number of rotatable bonds is 8. The summed E-state index contributed by atoms with van der Waals surface area (Å²) in [6.07, 6.45) is 6.84. The second-order valence-corrected chi connectivity index (χ2v) is 9.69. The van der Waals surface area contributed by atoms with Crippen LogP contribution in [-0.4, -0.2) is 53.6 Å². The van der Waals surface area contributed by atoms with Crippen molar-refractivity contribution in [3.63, 3.8) is 0 Å². The Morgan fingerprint density at radius 2 is 1.79 bits per heavy atom. The van der Waals surface area contributed by atoms with Gasteiger partial charge >= 0.3 is 0 Å². The lowest BCUT2D eigenvalue weighted by molar-refractivity contribution is 0.102. The molecule has 34 heavy (non-hydrogen) atoms. The first kappa shape index (κ1) is 22.9. The predicted octanol–water partition coefficient (Wildman–Crippen LogP) is 5.18. The smallest absolute Gasteiger partial charge is 0.127 e. The van der Waals surface area contributed by atoms with Gasteiger partial charge in [-0.1, -0.05) is 42.5 Å². The van der Waals surface area contributed by atoms with Gasteiger partial charge in [0.25, 0.3) is 0 Å². The zero-order valence-corrected chi connectivity index (χ0v) is 20.2. The largest absolute Gasteiger partial charge is 0.490 e. The minimum atomic E-state index is 0.333. The number of aromatic nitrogens is 1. The highest BCUT2D eigenvalue weighted by Gasteiger charge is 2.25. The van der Waals surface area contributed by atoms with E-state index >= 15 is 0 Å². The molecule has 3 aromatic rings. The predicted molar refractivity (Wildman–Crippen MR) is 139 cm³/mol. The van der Waals surface area contributed by atoms with E-state index in [4.69, 9.17) is 10.5 Å². The first-order valence-electron chi connectivity index (χ1n) is 12.7. The van der Waals surface area contributed by atoms with Crippen LogP contribution in [0.1, 0.15) is 43.4 Å². The molecule has 5 rings (SSSR count). The van der Waals surface area contributed by atoms with Gasteiger partial charge in [0.1, 0.15) is 11.6 Å². The Kier molecular flexibility index (Phi) is 7.12. The monoisotopic (exact) mass is 456 g/mol. The van der Waals surface area contributed by atoms with Gasteiger partial charge in [-0.3, -0.25) is 4.90 Å². The number of benzene rings is 2. The molecule has 2 fully saturated rings. The van der Waals surface area contributed by atoms with Crippen molar-refractivity contribution in [1.82, 2.24) is 14.8 Å². The summed E-state index contributed by atoms with van der Waals surface area (Å²) in [5.74, 6) is 1.51. The van der Waals surface area contributed by atoms with Gasteiger partial charge in [-0.05, 0) is 61.9 Å². The average Bonchev–Trinajstić information content (AvgIpc) is 2.86. The molecular weight excluding hydrogens is 420 g/mol. The first-order chi connectivity index (χ1) is 16.7. The van der Waals surface area contributed by atoms with Crippen molar-refractivity contribution in [2.45, 2.75) is 44.8 Å². The Bertz CT molecular complexity index is 1060. The van der Waals surface area contributed by atoms with E-state index in [9.17, 15) is 0 Å². The summed E-state index contributed by atoms with van der Waals surface area (Å²) in [4.78, 5) is 9.49. The van der Waals surface area contributed by atoms with Crippen molar-refractivity contribution in [1.29, 1.82) is 0 Å². The Balaban J connectivity index is 1.24. The van der Waals surface area contributed by atoms with E-state index in [2.05, 4.69) is 70.2 Å². The molecular formula is C29H36N4O. The topological polar surface area (TPSA) is 54.6 Å². The van der Waals surface area contributed by atoms with Crippen molar-refractivity contribution in [2.24, 2.45) is 0 Å². The Hall–Kier alpha value is -2.89. The molecule has 5 heteroatoms. The molecule has 2 aromatic carbocycles. The van der Waals surface area contributed by atoms with Crippen LogP contribution in [-0.2, 0) is 6.42 Å². The third-order valence-corrected chi connectivity index (χ3v) is 7.45. The normalized spacial score (nSPS) is 18.4. The van der Waals surface area contributed by atoms with E-state index < -0.39 is 0 Å². The maximum atomic E-state index is 6.45. The number of nitrogens with zero attached hydrogens (tertiary/aromatic N) is 3. The van der Waals surface area contributed by atoms with Crippen molar-refractivity contribution >= 4 is 5.82 Å². The zero-order valence-electron chi connectivity index (χ0n) is 20.2. The zero-order chi connectivity index (χ0) is 23.3. The first-order valence-corrected chi connectivity index (χ1v) is 12.7. The van der Waals surface area contributed by atoms with Crippen molar-refractivity contribution in [3.05, 3.63) is 78.0 Å². The van der Waals surface area contributed by atoms with E-state index in [1.54, 1.807) is 0 Å². The van der Waals surface area contributed by atoms with Crippen LogP contribution in [0.3, 0.4) is 0 Å². The lowest BCUT2D eigenvalue weighted by Crippen LogP contribution is -2.47. The van der Waals surface area contributed by atoms with Crippen LogP contribution in [0, 0.1) is 0 Å². The third-order valence-electron chi connectivity index (χ3n) is 7.45. The summed E-state index contributed by atoms with van der Waals surface area (Å²) in [6, 6.07) is 21.8. The Morgan fingerprint density at radius 1 is 1.00 bits per heavy atom. The van der Waals surface area contributed by atoms with Gasteiger partial charge in [0.05, 0.1) is 6.10 Å². The minimum absolute atomic E-state index is 0.333. The second kappa shape index (κ2) is 10.6. The van der Waals surface area contributed by atoms with Gasteiger partial charge < -0.3 is 15.4 Å². The summed E-state index contributed by atoms with van der Waals surface area (Å²) < 4.78 is 6.45. The number of hydrogen-bond acceptors (Lipinski definition) is 5. The summed E-state index contributed by atoms with van der Waals surface area (Å²) in [5, 5.41) is 0. The van der Waals surface area contributed by atoms with Gasteiger partial charge in [-0.25, -0.2) is 4.98 Å². The molecule has 2 aliphatic rings. The molecule has 0 radical (unpaired) electrons. The van der Waals surface area contributed by atoms with E-state index in [-0.39, 0.29) is 0 Å². The molecule has 0 bridgehead atoms. The number of hydrogen-bond donors (Lipinski definition) is 1. The number of pyridine rings is 1. The van der Waals surface area contributed by atoms with E-state index in [0.717, 1.165) is 68.9 Å². The average molecular weight is 457 g/mol. The van der Waals surface area contributed by atoms with Crippen molar-refractivity contribution < 1.29 is 4.74 Å². The Labute approximate surface area is 203 Å². The van der Waals surface area contributed by atoms with Crippen LogP contribution in [0.25, 0.3) is 11.1 Å². The summed E-state index contributed by atoms with van der Waals surface area (Å²) in [7, 11) is 0. The molecule has 1 aromatic heterocycles. The molecule has 1 unspecified atom stereocenters. The fourth-order valence-electron chi connectivity index (χ4n) is 4.88. The van der Waals surface area contributed by atoms with Crippen LogP contribution in [0.4, 0.5) is 5.82 Å². The minimum Gasteiger partial charge on any atom is -0.490 e. The quantitative estimate of drug-likeness (QED) is 0.506. The van der Waals surface area contributed by atoms with Crippen LogP contribution in [0.15, 0.2) is 66.9 Å². The molecule has 2 heterocycles. The summed E-state index contributed by atoms with van der Waals surface area (Å²) in [6.45, 7) is 7.90. The molecule has 178 valence electrons. The third kappa shape index (κ3) is 5.43. The molecule has 2 N–H and O–H groups in total. The molecule has 5 nitrogen and oxygen atoms in total. The van der Waals surface area contributed by atoms with E-state index in [0.29, 0.717) is 18.0 Å². The standard InChI is InChI=1S/C29H36N4O/c1-22(33-18-16-32(17-19-33)15-14-23-6-3-2-4-7-23)24-10-12-27(25-11-13-29(30)31-21-25)28(20-24)34-26-8-5-9-26/h2-4,6-7,10-13,20-22,26H,5,8-9,14-19H2,1H3,(H2,30,31). The van der Waals surface area contributed by atoms with Gasteiger partial charge in [-0.2, -0.15) is 0 Å². The molecule has 1 aliphatic carbocycles. The molecule has 0 spiro atoms. The SMILES string of the molecule is CC(c1ccc(-c2ccc(N)nc2)c(OC2CCC2)c1)N1CCN(CCc2ccccc2)CC1. The maximum Gasteiger partial charge on any atom is 0.127 e.